The Morgan fingerprint density at radius 1 is 1.35 bits per heavy atom. The van der Waals surface area contributed by atoms with Crippen LogP contribution in [0.2, 0.25) is 0 Å². The summed E-state index contributed by atoms with van der Waals surface area (Å²) in [5, 5.41) is 7.42. The van der Waals surface area contributed by atoms with Crippen molar-refractivity contribution in [2.24, 2.45) is 5.73 Å². The molecular weight excluding hydrogens is 323 g/mol. The van der Waals surface area contributed by atoms with Gasteiger partial charge in [-0.15, -0.1) is 0 Å². The molecule has 1 aromatic carbocycles. The molecule has 0 fully saturated rings. The van der Waals surface area contributed by atoms with Crippen molar-refractivity contribution in [2.45, 2.75) is 13.3 Å². The topological polar surface area (TPSA) is 56.4 Å². The fourth-order valence-corrected chi connectivity index (χ4v) is 2.57. The zero-order valence-electron chi connectivity index (χ0n) is 12.2. The van der Waals surface area contributed by atoms with Crippen molar-refractivity contribution in [3.63, 3.8) is 0 Å². The van der Waals surface area contributed by atoms with E-state index in [1.807, 2.05) is 25.9 Å². The number of amidine groups is 1. The van der Waals surface area contributed by atoms with Crippen molar-refractivity contribution in [3.8, 4) is 0 Å². The Morgan fingerprint density at radius 3 is 2.50 bits per heavy atom. The summed E-state index contributed by atoms with van der Waals surface area (Å²) in [6.07, 6.45) is 0.965. The second kappa shape index (κ2) is 7.59. The van der Waals surface area contributed by atoms with Gasteiger partial charge >= 0.3 is 0 Å². The average Bonchev–Trinajstić information content (AvgIpc) is 2.38. The van der Waals surface area contributed by atoms with E-state index in [1.165, 1.54) is 0 Å². The third kappa shape index (κ3) is 4.18. The summed E-state index contributed by atoms with van der Waals surface area (Å²) in [6, 6.07) is 3.37. The van der Waals surface area contributed by atoms with Crippen LogP contribution in [0, 0.1) is 11.2 Å². The Kier molecular flexibility index (Phi) is 6.42. The minimum Gasteiger partial charge on any atom is -0.384 e. The summed E-state index contributed by atoms with van der Waals surface area (Å²) in [4.78, 5) is 4.10. The molecule has 0 aromatic heterocycles. The largest absolute Gasteiger partial charge is 0.384 e. The van der Waals surface area contributed by atoms with Crippen molar-refractivity contribution in [1.29, 1.82) is 5.41 Å². The molecule has 0 saturated heterocycles. The van der Waals surface area contributed by atoms with Gasteiger partial charge in [-0.2, -0.15) is 0 Å². The van der Waals surface area contributed by atoms with Gasteiger partial charge in [-0.1, -0.05) is 0 Å². The lowest BCUT2D eigenvalue weighted by atomic mass is 10.1. The summed E-state index contributed by atoms with van der Waals surface area (Å²) in [7, 11) is 4.05. The van der Waals surface area contributed by atoms with Crippen LogP contribution in [0.3, 0.4) is 0 Å². The second-order valence-electron chi connectivity index (χ2n) is 4.91. The van der Waals surface area contributed by atoms with Crippen LogP contribution in [-0.2, 0) is 0 Å². The standard InChI is InChI=1S/C14H22BrFN4/c1-4-20(9-5-8-19(2)3)11-7-6-10(14(17)18)12(15)13(11)16/h6-7H,4-5,8-9H2,1-3H3,(H3,17,18). The number of rotatable bonds is 7. The second-order valence-corrected chi connectivity index (χ2v) is 5.70. The molecule has 0 bridgehead atoms. The Hall–Kier alpha value is -1.14. The van der Waals surface area contributed by atoms with Gasteiger partial charge in [0.1, 0.15) is 5.84 Å². The van der Waals surface area contributed by atoms with Crippen LogP contribution < -0.4 is 10.6 Å². The van der Waals surface area contributed by atoms with E-state index in [0.29, 0.717) is 11.3 Å². The maximum absolute atomic E-state index is 14.4. The van der Waals surface area contributed by atoms with Crippen LogP contribution in [0.4, 0.5) is 10.1 Å². The first-order valence-corrected chi connectivity index (χ1v) is 7.39. The lowest BCUT2D eigenvalue weighted by Gasteiger charge is -2.25. The molecule has 0 unspecified atom stereocenters. The fourth-order valence-electron chi connectivity index (χ4n) is 2.02. The van der Waals surface area contributed by atoms with Gasteiger partial charge in [0, 0.05) is 18.7 Å². The SMILES string of the molecule is CCN(CCCN(C)C)c1ccc(C(=N)N)c(Br)c1F. The number of hydrogen-bond donors (Lipinski definition) is 2. The quantitative estimate of drug-likeness (QED) is 0.590. The highest BCUT2D eigenvalue weighted by Gasteiger charge is 2.16. The Labute approximate surface area is 128 Å². The Balaban J connectivity index is 2.93. The van der Waals surface area contributed by atoms with Crippen molar-refractivity contribution in [3.05, 3.63) is 28.0 Å². The molecule has 0 heterocycles. The zero-order chi connectivity index (χ0) is 15.3. The smallest absolute Gasteiger partial charge is 0.161 e. The van der Waals surface area contributed by atoms with E-state index < -0.39 is 0 Å². The highest BCUT2D eigenvalue weighted by molar-refractivity contribution is 9.10. The van der Waals surface area contributed by atoms with E-state index in [1.54, 1.807) is 12.1 Å². The number of nitrogens with zero attached hydrogens (tertiary/aromatic N) is 2. The first kappa shape index (κ1) is 16.9. The molecule has 1 rings (SSSR count). The zero-order valence-corrected chi connectivity index (χ0v) is 13.8. The normalized spacial score (nSPS) is 10.9. The van der Waals surface area contributed by atoms with E-state index in [0.717, 1.165) is 26.1 Å². The molecule has 0 aliphatic carbocycles. The molecule has 6 heteroatoms. The lowest BCUT2D eigenvalue weighted by Crippen LogP contribution is -2.28. The number of anilines is 1. The van der Waals surface area contributed by atoms with Gasteiger partial charge in [-0.3, -0.25) is 5.41 Å². The number of nitrogens with two attached hydrogens (primary N) is 1. The molecule has 0 atom stereocenters. The minimum atomic E-state index is -0.357. The molecule has 0 spiro atoms. The van der Waals surface area contributed by atoms with Crippen LogP contribution >= 0.6 is 15.9 Å². The predicted molar refractivity (Wildman–Crippen MR) is 86.2 cm³/mol. The van der Waals surface area contributed by atoms with Crippen molar-refractivity contribution < 1.29 is 4.39 Å². The van der Waals surface area contributed by atoms with Crippen molar-refractivity contribution in [2.75, 3.05) is 38.6 Å². The molecule has 4 nitrogen and oxygen atoms in total. The first-order chi connectivity index (χ1) is 9.38. The molecule has 1 aromatic rings. The molecule has 0 amide bonds. The van der Waals surface area contributed by atoms with E-state index >= 15 is 0 Å². The Morgan fingerprint density at radius 2 is 2.00 bits per heavy atom. The van der Waals surface area contributed by atoms with Gasteiger partial charge in [0.15, 0.2) is 5.82 Å². The molecule has 0 saturated carbocycles. The van der Waals surface area contributed by atoms with Gasteiger partial charge in [0.2, 0.25) is 0 Å². The molecular formula is C14H22BrFN4. The predicted octanol–water partition coefficient (Wildman–Crippen LogP) is 2.65. The lowest BCUT2D eigenvalue weighted by molar-refractivity contribution is 0.400. The summed E-state index contributed by atoms with van der Waals surface area (Å²) in [5.74, 6) is -0.498. The van der Waals surface area contributed by atoms with Gasteiger partial charge in [0.25, 0.3) is 0 Å². The molecule has 20 heavy (non-hydrogen) atoms. The first-order valence-electron chi connectivity index (χ1n) is 6.60. The molecule has 0 aliphatic heterocycles. The highest BCUT2D eigenvalue weighted by Crippen LogP contribution is 2.29. The maximum Gasteiger partial charge on any atom is 0.161 e. The number of nitrogen functional groups attached to an aromatic ring is 1. The minimum absolute atomic E-state index is 0.141. The van der Waals surface area contributed by atoms with E-state index in [9.17, 15) is 4.39 Å². The monoisotopic (exact) mass is 344 g/mol. The van der Waals surface area contributed by atoms with E-state index in [2.05, 4.69) is 20.8 Å². The maximum atomic E-state index is 14.4. The van der Waals surface area contributed by atoms with E-state index in [-0.39, 0.29) is 16.1 Å². The van der Waals surface area contributed by atoms with Gasteiger partial charge < -0.3 is 15.5 Å². The van der Waals surface area contributed by atoms with Crippen molar-refractivity contribution in [1.82, 2.24) is 4.90 Å². The van der Waals surface area contributed by atoms with Gasteiger partial charge in [-0.25, -0.2) is 4.39 Å². The van der Waals surface area contributed by atoms with Gasteiger partial charge in [0.05, 0.1) is 10.2 Å². The van der Waals surface area contributed by atoms with Crippen LogP contribution in [0.25, 0.3) is 0 Å². The number of nitrogens with one attached hydrogen (secondary N) is 1. The van der Waals surface area contributed by atoms with Crippen LogP contribution in [0.15, 0.2) is 16.6 Å². The molecule has 3 N–H and O–H groups in total. The summed E-state index contributed by atoms with van der Waals surface area (Å²) in [6.45, 7) is 4.49. The summed E-state index contributed by atoms with van der Waals surface area (Å²) in [5.41, 5.74) is 6.35. The molecule has 0 aliphatic rings. The number of benzene rings is 1. The van der Waals surface area contributed by atoms with Crippen LogP contribution in [-0.4, -0.2) is 44.5 Å². The number of halogens is 2. The van der Waals surface area contributed by atoms with Crippen LogP contribution in [0.5, 0.6) is 0 Å². The van der Waals surface area contributed by atoms with Gasteiger partial charge in [-0.05, 0) is 62.0 Å². The number of hydrogen-bond acceptors (Lipinski definition) is 3. The van der Waals surface area contributed by atoms with Crippen molar-refractivity contribution >= 4 is 27.5 Å². The van der Waals surface area contributed by atoms with E-state index in [4.69, 9.17) is 11.1 Å². The highest BCUT2D eigenvalue weighted by atomic mass is 79.9. The Bertz CT molecular complexity index is 476. The summed E-state index contributed by atoms with van der Waals surface area (Å²) >= 11 is 3.19. The summed E-state index contributed by atoms with van der Waals surface area (Å²) < 4.78 is 14.7. The third-order valence-electron chi connectivity index (χ3n) is 3.11. The molecule has 0 radical (unpaired) electrons. The molecule has 112 valence electrons. The van der Waals surface area contributed by atoms with Crippen LogP contribution in [0.1, 0.15) is 18.9 Å². The third-order valence-corrected chi connectivity index (χ3v) is 3.88. The average molecular weight is 345 g/mol. The fraction of sp³-hybridized carbons (Fsp3) is 0.500.